The average molecular weight is 321 g/mol. The molecule has 0 N–H and O–H groups in total. The molecule has 0 radical (unpaired) electrons. The zero-order valence-electron chi connectivity index (χ0n) is 9.88. The molecule has 0 aromatic carbocycles. The summed E-state index contributed by atoms with van der Waals surface area (Å²) in [5, 5.41) is 0. The molecular formula is C12H22IN2-. The van der Waals surface area contributed by atoms with E-state index in [1.807, 2.05) is 6.20 Å². The molecule has 0 atom stereocenters. The van der Waals surface area contributed by atoms with Gasteiger partial charge in [0.1, 0.15) is 0 Å². The summed E-state index contributed by atoms with van der Waals surface area (Å²) in [6.45, 7) is 4.37. The normalized spacial score (nSPS) is 11.1. The summed E-state index contributed by atoms with van der Waals surface area (Å²) in [7, 11) is 0. The van der Waals surface area contributed by atoms with Crippen LogP contribution >= 0.6 is 0 Å². The van der Waals surface area contributed by atoms with Gasteiger partial charge in [0, 0.05) is 0 Å². The van der Waals surface area contributed by atoms with Crippen LogP contribution in [0.25, 0.3) is 0 Å². The molecule has 0 saturated heterocycles. The Morgan fingerprint density at radius 1 is 1.20 bits per heavy atom. The number of hydrogen-bond donors (Lipinski definition) is 0. The maximum absolute atomic E-state index is 4.25. The van der Waals surface area contributed by atoms with Crippen LogP contribution in [0.3, 0.4) is 0 Å². The van der Waals surface area contributed by atoms with Crippen LogP contribution in [0.1, 0.15) is 51.3 Å². The van der Waals surface area contributed by atoms with Crippen LogP contribution in [-0.2, 0) is 0 Å². The SMILES string of the molecule is CCCCCCCC[I-]n1ccnc1C. The van der Waals surface area contributed by atoms with Crippen molar-refractivity contribution in [1.29, 1.82) is 0 Å². The zero-order valence-corrected chi connectivity index (χ0v) is 12.0. The maximum atomic E-state index is 4.25. The number of rotatable bonds is 8. The predicted molar refractivity (Wildman–Crippen MR) is 60.6 cm³/mol. The second-order valence-electron chi connectivity index (χ2n) is 3.86. The fourth-order valence-corrected chi connectivity index (χ4v) is 3.90. The van der Waals surface area contributed by atoms with Gasteiger partial charge >= 0.3 is 104 Å². The van der Waals surface area contributed by atoms with Gasteiger partial charge in [-0.25, -0.2) is 0 Å². The molecular weight excluding hydrogens is 299 g/mol. The molecule has 15 heavy (non-hydrogen) atoms. The summed E-state index contributed by atoms with van der Waals surface area (Å²) in [4.78, 5) is 4.25. The van der Waals surface area contributed by atoms with Crippen LogP contribution in [0, 0.1) is 6.92 Å². The van der Waals surface area contributed by atoms with Crippen molar-refractivity contribution in [3.05, 3.63) is 18.2 Å². The molecule has 0 aliphatic heterocycles. The van der Waals surface area contributed by atoms with Crippen LogP contribution in [0.2, 0.25) is 0 Å². The summed E-state index contributed by atoms with van der Waals surface area (Å²) in [6.07, 6.45) is 12.5. The van der Waals surface area contributed by atoms with Gasteiger partial charge in [-0.05, 0) is 0 Å². The first-order valence-corrected chi connectivity index (χ1v) is 8.43. The number of halogens is 1. The summed E-state index contributed by atoms with van der Waals surface area (Å²) in [5.41, 5.74) is 0. The second-order valence-corrected chi connectivity index (χ2v) is 6.66. The Balaban J connectivity index is 1.96. The van der Waals surface area contributed by atoms with Crippen LogP contribution < -0.4 is 21.5 Å². The predicted octanol–water partition coefficient (Wildman–Crippen LogP) is 0.404. The number of imidazole rings is 1. The summed E-state index contributed by atoms with van der Waals surface area (Å²) >= 11 is 0.171. The molecule has 0 fully saturated rings. The van der Waals surface area contributed by atoms with Gasteiger partial charge in [-0.1, -0.05) is 0 Å². The van der Waals surface area contributed by atoms with Crippen LogP contribution in [0.4, 0.5) is 0 Å². The van der Waals surface area contributed by atoms with Gasteiger partial charge in [0.2, 0.25) is 0 Å². The fraction of sp³-hybridized carbons (Fsp3) is 0.750. The van der Waals surface area contributed by atoms with E-state index in [4.69, 9.17) is 0 Å². The third-order valence-corrected chi connectivity index (χ3v) is 5.47. The first-order valence-electron chi connectivity index (χ1n) is 5.94. The summed E-state index contributed by atoms with van der Waals surface area (Å²) in [6, 6.07) is 0. The molecule has 0 bridgehead atoms. The molecule has 1 aromatic rings. The monoisotopic (exact) mass is 321 g/mol. The van der Waals surface area contributed by atoms with Crippen molar-refractivity contribution in [2.45, 2.75) is 52.4 Å². The van der Waals surface area contributed by atoms with Crippen LogP contribution in [0.15, 0.2) is 12.4 Å². The van der Waals surface area contributed by atoms with Crippen molar-refractivity contribution < 1.29 is 21.5 Å². The third kappa shape index (κ3) is 5.54. The van der Waals surface area contributed by atoms with E-state index in [9.17, 15) is 0 Å². The van der Waals surface area contributed by atoms with Crippen molar-refractivity contribution in [3.8, 4) is 0 Å². The van der Waals surface area contributed by atoms with Gasteiger partial charge in [0.25, 0.3) is 0 Å². The van der Waals surface area contributed by atoms with Crippen LogP contribution in [0.5, 0.6) is 0 Å². The van der Waals surface area contributed by atoms with Gasteiger partial charge in [-0.3, -0.25) is 0 Å². The van der Waals surface area contributed by atoms with Gasteiger partial charge in [-0.15, -0.1) is 0 Å². The van der Waals surface area contributed by atoms with E-state index in [2.05, 4.69) is 27.8 Å². The molecule has 1 rings (SSSR count). The Labute approximate surface area is 104 Å². The molecule has 0 amide bonds. The molecule has 2 nitrogen and oxygen atoms in total. The number of hydrogen-bond acceptors (Lipinski definition) is 1. The molecule has 1 aromatic heterocycles. The topological polar surface area (TPSA) is 17.8 Å². The molecule has 0 unspecified atom stereocenters. The average Bonchev–Trinajstić information content (AvgIpc) is 2.63. The first-order chi connectivity index (χ1) is 7.34. The van der Waals surface area contributed by atoms with Crippen molar-refractivity contribution in [1.82, 2.24) is 7.76 Å². The zero-order chi connectivity index (χ0) is 10.9. The molecule has 0 spiro atoms. The van der Waals surface area contributed by atoms with Crippen LogP contribution in [-0.4, -0.2) is 12.2 Å². The standard InChI is InChI=1S/C12H22IN2/c1-3-4-5-6-7-8-9-13-15-11-10-14-12(15)2/h10-11H,3-9H2,1-2H3/q-1. The van der Waals surface area contributed by atoms with E-state index in [1.165, 1.54) is 48.8 Å². The molecule has 0 aliphatic rings. The molecule has 0 saturated carbocycles. The van der Waals surface area contributed by atoms with Crippen molar-refractivity contribution in [2.75, 3.05) is 4.43 Å². The van der Waals surface area contributed by atoms with Gasteiger partial charge in [-0.2, -0.15) is 0 Å². The Kier molecular flexibility index (Phi) is 7.05. The fourth-order valence-electron chi connectivity index (χ4n) is 1.51. The molecule has 1 heterocycles. The van der Waals surface area contributed by atoms with Gasteiger partial charge in [0.15, 0.2) is 0 Å². The van der Waals surface area contributed by atoms with E-state index in [1.54, 1.807) is 0 Å². The molecule has 3 heteroatoms. The number of unbranched alkanes of at least 4 members (excludes halogenated alkanes) is 5. The minimum absolute atomic E-state index is 0.171. The molecule has 0 aliphatic carbocycles. The van der Waals surface area contributed by atoms with Crippen molar-refractivity contribution >= 4 is 0 Å². The Morgan fingerprint density at radius 2 is 1.93 bits per heavy atom. The summed E-state index contributed by atoms with van der Waals surface area (Å²) < 4.78 is 3.76. The second kappa shape index (κ2) is 8.13. The number of alkyl halides is 1. The Bertz CT molecular complexity index is 258. The Hall–Kier alpha value is -0.0600. The molecule has 88 valence electrons. The van der Waals surface area contributed by atoms with Crippen molar-refractivity contribution in [3.63, 3.8) is 0 Å². The summed E-state index contributed by atoms with van der Waals surface area (Å²) in [5.74, 6) is 1.19. The van der Waals surface area contributed by atoms with E-state index >= 15 is 0 Å². The number of nitrogens with zero attached hydrogens (tertiary/aromatic N) is 2. The van der Waals surface area contributed by atoms with E-state index in [-0.39, 0.29) is 21.5 Å². The van der Waals surface area contributed by atoms with Gasteiger partial charge < -0.3 is 0 Å². The van der Waals surface area contributed by atoms with Crippen molar-refractivity contribution in [2.24, 2.45) is 0 Å². The Morgan fingerprint density at radius 3 is 2.60 bits per heavy atom. The first kappa shape index (κ1) is 13.0. The van der Waals surface area contributed by atoms with Gasteiger partial charge in [0.05, 0.1) is 0 Å². The van der Waals surface area contributed by atoms with E-state index in [0.29, 0.717) is 0 Å². The quantitative estimate of drug-likeness (QED) is 0.385. The number of aromatic nitrogens is 2. The third-order valence-electron chi connectivity index (χ3n) is 2.47. The van der Waals surface area contributed by atoms with E-state index in [0.717, 1.165) is 0 Å². The minimum atomic E-state index is 0.171. The number of aryl methyl sites for hydroxylation is 1. The van der Waals surface area contributed by atoms with E-state index < -0.39 is 0 Å².